The van der Waals surface area contributed by atoms with Crippen molar-refractivity contribution < 1.29 is 9.18 Å². The SMILES string of the molecule is CNc1ncnc2[nH]cc(C(=O)c3ccc(NC4CCCCC4)nc3F)c12. The molecule has 7 nitrogen and oxygen atoms in total. The van der Waals surface area contributed by atoms with Crippen molar-refractivity contribution in [3.05, 3.63) is 41.7 Å². The van der Waals surface area contributed by atoms with Crippen LogP contribution in [0.2, 0.25) is 0 Å². The Balaban J connectivity index is 1.62. The molecule has 0 radical (unpaired) electrons. The summed E-state index contributed by atoms with van der Waals surface area (Å²) in [4.78, 5) is 28.0. The topological polar surface area (TPSA) is 95.6 Å². The van der Waals surface area contributed by atoms with Crippen LogP contribution in [0.4, 0.5) is 16.0 Å². The Bertz CT molecular complexity index is 979. The highest BCUT2D eigenvalue weighted by molar-refractivity contribution is 6.18. The van der Waals surface area contributed by atoms with Crippen LogP contribution in [-0.4, -0.2) is 38.8 Å². The van der Waals surface area contributed by atoms with Crippen molar-refractivity contribution in [2.45, 2.75) is 38.1 Å². The zero-order valence-electron chi connectivity index (χ0n) is 15.1. The molecule has 0 saturated heterocycles. The molecule has 8 heteroatoms. The van der Waals surface area contributed by atoms with E-state index in [1.807, 2.05) is 0 Å². The molecule has 3 aromatic rings. The van der Waals surface area contributed by atoms with Crippen molar-refractivity contribution in [3.8, 4) is 0 Å². The third-order valence-electron chi connectivity index (χ3n) is 5.00. The van der Waals surface area contributed by atoms with Gasteiger partial charge in [0.25, 0.3) is 0 Å². The highest BCUT2D eigenvalue weighted by Crippen LogP contribution is 2.26. The molecule has 0 aromatic carbocycles. The fourth-order valence-corrected chi connectivity index (χ4v) is 3.62. The van der Waals surface area contributed by atoms with E-state index in [-0.39, 0.29) is 5.56 Å². The number of aromatic amines is 1. The molecule has 3 aromatic heterocycles. The van der Waals surface area contributed by atoms with Gasteiger partial charge in [0.05, 0.1) is 16.5 Å². The van der Waals surface area contributed by atoms with Crippen LogP contribution in [0.15, 0.2) is 24.7 Å². The Morgan fingerprint density at radius 1 is 1.19 bits per heavy atom. The number of nitrogens with zero attached hydrogens (tertiary/aromatic N) is 3. The summed E-state index contributed by atoms with van der Waals surface area (Å²) in [6.45, 7) is 0. The van der Waals surface area contributed by atoms with Gasteiger partial charge in [-0.3, -0.25) is 4.79 Å². The van der Waals surface area contributed by atoms with Gasteiger partial charge in [-0.05, 0) is 25.0 Å². The first-order valence-corrected chi connectivity index (χ1v) is 9.15. The number of halogens is 1. The van der Waals surface area contributed by atoms with Crippen molar-refractivity contribution >= 4 is 28.5 Å². The van der Waals surface area contributed by atoms with Gasteiger partial charge in [-0.15, -0.1) is 0 Å². The van der Waals surface area contributed by atoms with Gasteiger partial charge in [-0.1, -0.05) is 19.3 Å². The predicted molar refractivity (Wildman–Crippen MR) is 102 cm³/mol. The lowest BCUT2D eigenvalue weighted by Crippen LogP contribution is -2.23. The van der Waals surface area contributed by atoms with E-state index >= 15 is 0 Å². The predicted octanol–water partition coefficient (Wildman–Crippen LogP) is 3.51. The van der Waals surface area contributed by atoms with Gasteiger partial charge >= 0.3 is 0 Å². The second-order valence-corrected chi connectivity index (χ2v) is 6.74. The van der Waals surface area contributed by atoms with Crippen LogP contribution in [0.25, 0.3) is 11.0 Å². The highest BCUT2D eigenvalue weighted by atomic mass is 19.1. The minimum Gasteiger partial charge on any atom is -0.372 e. The molecule has 1 aliphatic carbocycles. The first-order chi connectivity index (χ1) is 13.2. The van der Waals surface area contributed by atoms with E-state index < -0.39 is 11.7 Å². The van der Waals surface area contributed by atoms with Gasteiger partial charge in [-0.25, -0.2) is 15.0 Å². The number of carbonyl (C=O) groups is 1. The lowest BCUT2D eigenvalue weighted by Gasteiger charge is -2.23. The molecule has 27 heavy (non-hydrogen) atoms. The van der Waals surface area contributed by atoms with Crippen LogP contribution in [0, 0.1) is 5.95 Å². The second kappa shape index (κ2) is 7.30. The van der Waals surface area contributed by atoms with Crippen LogP contribution in [0.1, 0.15) is 48.0 Å². The first kappa shape index (κ1) is 17.4. The summed E-state index contributed by atoms with van der Waals surface area (Å²) in [6.07, 6.45) is 8.64. The number of carbonyl (C=O) groups excluding carboxylic acids is 1. The van der Waals surface area contributed by atoms with Crippen molar-refractivity contribution in [1.82, 2.24) is 19.9 Å². The number of hydrogen-bond acceptors (Lipinski definition) is 6. The molecule has 3 N–H and O–H groups in total. The fourth-order valence-electron chi connectivity index (χ4n) is 3.62. The lowest BCUT2D eigenvalue weighted by molar-refractivity contribution is 0.103. The number of aromatic nitrogens is 4. The molecule has 1 aliphatic rings. The Morgan fingerprint density at radius 2 is 2.00 bits per heavy atom. The maximum absolute atomic E-state index is 14.6. The Hall–Kier alpha value is -3.03. The van der Waals surface area contributed by atoms with Crippen molar-refractivity contribution in [2.24, 2.45) is 0 Å². The summed E-state index contributed by atoms with van der Waals surface area (Å²) in [5.41, 5.74) is 0.751. The van der Waals surface area contributed by atoms with E-state index in [1.54, 1.807) is 13.1 Å². The maximum atomic E-state index is 14.6. The van der Waals surface area contributed by atoms with Gasteiger partial charge in [0, 0.05) is 19.3 Å². The van der Waals surface area contributed by atoms with Crippen molar-refractivity contribution in [2.75, 3.05) is 17.7 Å². The third-order valence-corrected chi connectivity index (χ3v) is 5.00. The van der Waals surface area contributed by atoms with Crippen LogP contribution in [-0.2, 0) is 0 Å². The number of fused-ring (bicyclic) bond motifs is 1. The van der Waals surface area contributed by atoms with Crippen LogP contribution in [0.5, 0.6) is 0 Å². The lowest BCUT2D eigenvalue weighted by atomic mass is 9.95. The Kier molecular flexibility index (Phi) is 4.70. The monoisotopic (exact) mass is 368 g/mol. The van der Waals surface area contributed by atoms with Gasteiger partial charge in [0.2, 0.25) is 5.95 Å². The summed E-state index contributed by atoms with van der Waals surface area (Å²) >= 11 is 0. The van der Waals surface area contributed by atoms with Gasteiger partial charge in [0.15, 0.2) is 5.78 Å². The van der Waals surface area contributed by atoms with Crippen molar-refractivity contribution in [3.63, 3.8) is 0 Å². The molecule has 0 atom stereocenters. The summed E-state index contributed by atoms with van der Waals surface area (Å²) < 4.78 is 14.6. The molecular weight excluding hydrogens is 347 g/mol. The average molecular weight is 368 g/mol. The molecule has 4 rings (SSSR count). The zero-order chi connectivity index (χ0) is 18.8. The molecule has 0 spiro atoms. The maximum Gasteiger partial charge on any atom is 0.226 e. The molecular formula is C19H21FN6O. The standard InChI is InChI=1S/C19H21FN6O/c1-21-18-15-13(9-22-19(15)24-10-23-18)16(27)12-7-8-14(26-17(12)20)25-11-5-3-2-4-6-11/h7-11H,2-6H2,1H3,(H,25,26)(H2,21,22,23,24). The molecule has 0 aliphatic heterocycles. The molecule has 0 unspecified atom stereocenters. The van der Waals surface area contributed by atoms with Crippen LogP contribution < -0.4 is 10.6 Å². The fraction of sp³-hybridized carbons (Fsp3) is 0.368. The summed E-state index contributed by atoms with van der Waals surface area (Å²) in [5.74, 6) is -0.262. The third kappa shape index (κ3) is 3.34. The number of ketones is 1. The quantitative estimate of drug-likeness (QED) is 0.471. The van der Waals surface area contributed by atoms with Gasteiger partial charge in [0.1, 0.15) is 23.6 Å². The van der Waals surface area contributed by atoms with E-state index in [4.69, 9.17) is 0 Å². The van der Waals surface area contributed by atoms with Crippen molar-refractivity contribution in [1.29, 1.82) is 0 Å². The second-order valence-electron chi connectivity index (χ2n) is 6.74. The highest BCUT2D eigenvalue weighted by Gasteiger charge is 2.22. The molecule has 140 valence electrons. The minimum atomic E-state index is -0.780. The number of nitrogens with one attached hydrogen (secondary N) is 3. The number of rotatable bonds is 5. The van der Waals surface area contributed by atoms with Gasteiger partial charge in [-0.2, -0.15) is 4.39 Å². The average Bonchev–Trinajstić information content (AvgIpc) is 3.13. The normalized spacial score (nSPS) is 15.0. The largest absolute Gasteiger partial charge is 0.372 e. The smallest absolute Gasteiger partial charge is 0.226 e. The molecule has 0 bridgehead atoms. The molecule has 1 fully saturated rings. The van der Waals surface area contributed by atoms with E-state index in [2.05, 4.69) is 30.6 Å². The number of H-pyrrole nitrogens is 1. The van der Waals surface area contributed by atoms with E-state index in [9.17, 15) is 9.18 Å². The Labute approximate surface area is 155 Å². The number of anilines is 2. The van der Waals surface area contributed by atoms with Crippen LogP contribution >= 0.6 is 0 Å². The van der Waals surface area contributed by atoms with E-state index in [0.29, 0.717) is 34.3 Å². The summed E-state index contributed by atoms with van der Waals surface area (Å²) in [6, 6.07) is 3.46. The first-order valence-electron chi connectivity index (χ1n) is 9.15. The molecule has 1 saturated carbocycles. The summed E-state index contributed by atoms with van der Waals surface area (Å²) in [5, 5.41) is 6.74. The Morgan fingerprint density at radius 3 is 2.74 bits per heavy atom. The zero-order valence-corrected chi connectivity index (χ0v) is 15.1. The summed E-state index contributed by atoms with van der Waals surface area (Å²) in [7, 11) is 1.71. The van der Waals surface area contributed by atoms with E-state index in [0.717, 1.165) is 12.8 Å². The molecule has 3 heterocycles. The van der Waals surface area contributed by atoms with Crippen LogP contribution in [0.3, 0.4) is 0 Å². The minimum absolute atomic E-state index is 0.0731. The van der Waals surface area contributed by atoms with E-state index in [1.165, 1.54) is 37.9 Å². The number of pyridine rings is 1. The van der Waals surface area contributed by atoms with Gasteiger partial charge < -0.3 is 15.6 Å². The number of hydrogen-bond donors (Lipinski definition) is 3. The molecule has 0 amide bonds.